The smallest absolute Gasteiger partial charge is 0.475 e. The van der Waals surface area contributed by atoms with Gasteiger partial charge in [-0.25, -0.2) is 4.79 Å². The Balaban J connectivity index is 0.000000486. The predicted molar refractivity (Wildman–Crippen MR) is 70.1 cm³/mol. The molecule has 2 N–H and O–H groups in total. The van der Waals surface area contributed by atoms with Gasteiger partial charge in [0.1, 0.15) is 0 Å². The average molecular weight is 334 g/mol. The van der Waals surface area contributed by atoms with Gasteiger partial charge in [0.25, 0.3) is 0 Å². The third-order valence-corrected chi connectivity index (χ3v) is 3.36. The lowest BCUT2D eigenvalue weighted by Crippen LogP contribution is -2.37. The number of rotatable bonds is 4. The molecule has 0 aromatic heterocycles. The van der Waals surface area contributed by atoms with E-state index < -0.39 is 12.1 Å². The second-order valence-corrected chi connectivity index (χ2v) is 4.95. The number of nitrogens with one attached hydrogen (secondary N) is 1. The maximum Gasteiger partial charge on any atom is 0.490 e. The molecule has 0 aliphatic carbocycles. The number of ether oxygens (including phenoxy) is 1. The van der Waals surface area contributed by atoms with E-state index in [1.807, 2.05) is 0 Å². The molecule has 124 valence electrons. The molecule has 5 nitrogen and oxygen atoms in total. The number of halogens is 4. The second kappa shape index (κ2) is 9.83. The minimum atomic E-state index is -5.08. The summed E-state index contributed by atoms with van der Waals surface area (Å²) in [5, 5.41) is 10.5. The number of methoxy groups -OCH3 is 1. The summed E-state index contributed by atoms with van der Waals surface area (Å²) in [7, 11) is 1.44. The maximum atomic E-state index is 11.2. The van der Waals surface area contributed by atoms with Gasteiger partial charge in [-0.15, -0.1) is 11.6 Å². The van der Waals surface area contributed by atoms with Crippen LogP contribution in [0, 0.1) is 11.8 Å². The number of aliphatic carboxylic acids is 1. The molecule has 1 saturated heterocycles. The lowest BCUT2D eigenvalue weighted by molar-refractivity contribution is -0.192. The van der Waals surface area contributed by atoms with Gasteiger partial charge in [-0.3, -0.25) is 4.79 Å². The van der Waals surface area contributed by atoms with E-state index in [4.69, 9.17) is 21.5 Å². The fourth-order valence-corrected chi connectivity index (χ4v) is 2.30. The molecule has 1 aliphatic heterocycles. The van der Waals surface area contributed by atoms with Crippen molar-refractivity contribution in [3.05, 3.63) is 0 Å². The molecule has 0 aromatic rings. The first-order valence-corrected chi connectivity index (χ1v) is 6.89. The van der Waals surface area contributed by atoms with Crippen LogP contribution in [0.5, 0.6) is 0 Å². The quantitative estimate of drug-likeness (QED) is 0.608. The fraction of sp³-hybridized carbons (Fsp3) is 0.833. The Kier molecular flexibility index (Phi) is 9.36. The van der Waals surface area contributed by atoms with E-state index in [-0.39, 0.29) is 5.97 Å². The van der Waals surface area contributed by atoms with Crippen LogP contribution >= 0.6 is 11.6 Å². The van der Waals surface area contributed by atoms with Gasteiger partial charge in [-0.1, -0.05) is 0 Å². The highest BCUT2D eigenvalue weighted by atomic mass is 35.5. The van der Waals surface area contributed by atoms with E-state index in [1.165, 1.54) is 7.11 Å². The van der Waals surface area contributed by atoms with Gasteiger partial charge >= 0.3 is 18.1 Å². The molecule has 1 rings (SSSR count). The summed E-state index contributed by atoms with van der Waals surface area (Å²) in [6, 6.07) is 0. The number of carboxylic acids is 1. The number of carbonyl (C=O) groups excluding carboxylic acids is 1. The van der Waals surface area contributed by atoms with Crippen molar-refractivity contribution >= 4 is 23.5 Å². The van der Waals surface area contributed by atoms with Crippen LogP contribution in [-0.2, 0) is 14.3 Å². The van der Waals surface area contributed by atoms with Crippen LogP contribution in [0.15, 0.2) is 0 Å². The molecule has 0 spiro atoms. The molecule has 0 aromatic carbocycles. The molecular weight excluding hydrogens is 315 g/mol. The van der Waals surface area contributed by atoms with Crippen LogP contribution in [0.3, 0.4) is 0 Å². The number of hydrogen-bond acceptors (Lipinski definition) is 4. The van der Waals surface area contributed by atoms with Crippen LogP contribution in [-0.4, -0.2) is 49.3 Å². The Morgan fingerprint density at radius 3 is 2.38 bits per heavy atom. The molecule has 0 saturated carbocycles. The van der Waals surface area contributed by atoms with Crippen molar-refractivity contribution in [2.24, 2.45) is 11.8 Å². The first-order valence-electron chi connectivity index (χ1n) is 6.36. The molecule has 0 unspecified atom stereocenters. The van der Waals surface area contributed by atoms with Gasteiger partial charge < -0.3 is 15.2 Å². The minimum absolute atomic E-state index is 0.100. The summed E-state index contributed by atoms with van der Waals surface area (Å²) in [6.45, 7) is 1.98. The predicted octanol–water partition coefficient (Wildman–Crippen LogP) is 2.04. The lowest BCUT2D eigenvalue weighted by Gasteiger charge is -2.31. The van der Waals surface area contributed by atoms with Crippen molar-refractivity contribution < 1.29 is 32.6 Å². The zero-order valence-corrected chi connectivity index (χ0v) is 12.3. The Morgan fingerprint density at radius 1 is 1.38 bits per heavy atom. The van der Waals surface area contributed by atoms with Crippen LogP contribution in [0.4, 0.5) is 13.2 Å². The number of esters is 1. The van der Waals surface area contributed by atoms with Crippen LogP contribution < -0.4 is 5.32 Å². The molecule has 0 amide bonds. The highest BCUT2D eigenvalue weighted by molar-refractivity contribution is 6.17. The van der Waals surface area contributed by atoms with Crippen molar-refractivity contribution in [3.8, 4) is 0 Å². The topological polar surface area (TPSA) is 75.6 Å². The lowest BCUT2D eigenvalue weighted by atomic mass is 9.82. The van der Waals surface area contributed by atoms with Crippen molar-refractivity contribution in [1.29, 1.82) is 0 Å². The third kappa shape index (κ3) is 8.77. The van der Waals surface area contributed by atoms with Crippen molar-refractivity contribution in [2.75, 3.05) is 26.1 Å². The summed E-state index contributed by atoms with van der Waals surface area (Å²) < 4.78 is 36.4. The average Bonchev–Trinajstić information content (AvgIpc) is 2.40. The molecule has 0 radical (unpaired) electrons. The van der Waals surface area contributed by atoms with Gasteiger partial charge in [-0.05, 0) is 37.8 Å². The summed E-state index contributed by atoms with van der Waals surface area (Å²) in [4.78, 5) is 20.1. The second-order valence-electron chi connectivity index (χ2n) is 4.57. The van der Waals surface area contributed by atoms with Crippen molar-refractivity contribution in [3.63, 3.8) is 0 Å². The maximum absolute atomic E-state index is 11.2. The van der Waals surface area contributed by atoms with Gasteiger partial charge in [0, 0.05) is 12.3 Å². The van der Waals surface area contributed by atoms with E-state index in [2.05, 4.69) is 10.1 Å². The molecule has 2 atom stereocenters. The fourth-order valence-electron chi connectivity index (χ4n) is 2.02. The summed E-state index contributed by atoms with van der Waals surface area (Å²) in [5.41, 5.74) is 0. The highest BCUT2D eigenvalue weighted by Gasteiger charge is 2.38. The molecule has 21 heavy (non-hydrogen) atoms. The molecule has 1 fully saturated rings. The van der Waals surface area contributed by atoms with Crippen molar-refractivity contribution in [2.45, 2.75) is 25.4 Å². The number of piperidine rings is 1. The van der Waals surface area contributed by atoms with Gasteiger partial charge in [0.05, 0.1) is 7.11 Å². The number of carboxylic acid groups (broad SMARTS) is 1. The Hall–Kier alpha value is -1.02. The van der Waals surface area contributed by atoms with E-state index in [1.54, 1.807) is 0 Å². The molecule has 1 heterocycles. The first kappa shape index (κ1) is 20.0. The first-order chi connectivity index (χ1) is 9.72. The zero-order valence-electron chi connectivity index (χ0n) is 11.6. The van der Waals surface area contributed by atoms with Crippen LogP contribution in [0.2, 0.25) is 0 Å². The van der Waals surface area contributed by atoms with Crippen LogP contribution in [0.1, 0.15) is 19.3 Å². The van der Waals surface area contributed by atoms with Gasteiger partial charge in [0.15, 0.2) is 0 Å². The van der Waals surface area contributed by atoms with Gasteiger partial charge in [0.2, 0.25) is 0 Å². The van der Waals surface area contributed by atoms with Gasteiger partial charge in [-0.2, -0.15) is 13.2 Å². The molecule has 0 bridgehead atoms. The molecule has 1 aliphatic rings. The normalized spacial score (nSPS) is 22.0. The number of alkyl halides is 4. The zero-order chi connectivity index (χ0) is 16.5. The number of carbonyl (C=O) groups is 2. The highest BCUT2D eigenvalue weighted by Crippen LogP contribution is 2.26. The summed E-state index contributed by atoms with van der Waals surface area (Å²) in [6.07, 6.45) is -2.51. The summed E-state index contributed by atoms with van der Waals surface area (Å²) >= 11 is 5.73. The monoisotopic (exact) mass is 333 g/mol. The Morgan fingerprint density at radius 2 is 1.95 bits per heavy atom. The Bertz CT molecular complexity index is 337. The molecule has 9 heteroatoms. The van der Waals surface area contributed by atoms with Crippen LogP contribution in [0.25, 0.3) is 0 Å². The summed E-state index contributed by atoms with van der Waals surface area (Å²) in [5.74, 6) is -1.21. The van der Waals surface area contributed by atoms with E-state index in [0.717, 1.165) is 25.9 Å². The minimum Gasteiger partial charge on any atom is -0.475 e. The van der Waals surface area contributed by atoms with E-state index in [9.17, 15) is 18.0 Å². The van der Waals surface area contributed by atoms with Crippen molar-refractivity contribution in [1.82, 2.24) is 5.32 Å². The standard InChI is InChI=1S/C10H18ClNO2.C2HF3O2/c1-14-10(13)6-8-3-5-12-7-9(8)2-4-11;3-2(4,5)1(6)7/h8-9,12H,2-7H2,1H3;(H,6,7)/t8-,9-;/m1./s1. The molecular formula is C12H19ClF3NO4. The third-order valence-electron chi connectivity index (χ3n) is 3.14. The SMILES string of the molecule is COC(=O)C[C@H]1CCNC[C@H]1CCCl.O=C(O)C(F)(F)F. The Labute approximate surface area is 125 Å². The number of hydrogen-bond donors (Lipinski definition) is 2. The largest absolute Gasteiger partial charge is 0.490 e. The van der Waals surface area contributed by atoms with E-state index >= 15 is 0 Å². The van der Waals surface area contributed by atoms with E-state index in [0.29, 0.717) is 24.1 Å².